The Labute approximate surface area is 170 Å². The minimum absolute atomic E-state index is 0.0634. The quantitative estimate of drug-likeness (QED) is 0.697. The van der Waals surface area contributed by atoms with E-state index in [0.717, 1.165) is 16.1 Å². The third-order valence-electron chi connectivity index (χ3n) is 4.55. The maximum Gasteiger partial charge on any atom is 0.243 e. The Bertz CT molecular complexity index is 908. The minimum Gasteiger partial charge on any atom is -0.379 e. The normalized spacial score (nSPS) is 15.3. The zero-order valence-corrected chi connectivity index (χ0v) is 17.4. The van der Waals surface area contributed by atoms with E-state index in [9.17, 15) is 13.2 Å². The molecule has 1 aliphatic heterocycles. The molecule has 2 aromatic rings. The standard InChI is InChI=1S/C20H24N2O4S2/c1-27-19-5-3-2-4-18(19)21-20(23)11-8-16-6-9-17(10-7-16)28(24,25)22-12-14-26-15-13-22/h2-7,9-10H,8,11-15H2,1H3,(H,21,23). The summed E-state index contributed by atoms with van der Waals surface area (Å²) in [5.41, 5.74) is 1.74. The molecule has 150 valence electrons. The van der Waals surface area contributed by atoms with Crippen molar-refractivity contribution in [2.45, 2.75) is 22.6 Å². The number of para-hydroxylation sites is 1. The lowest BCUT2D eigenvalue weighted by molar-refractivity contribution is -0.116. The summed E-state index contributed by atoms with van der Waals surface area (Å²) in [6, 6.07) is 14.5. The predicted octanol–water partition coefficient (Wildman–Crippen LogP) is 3.00. The van der Waals surface area contributed by atoms with Gasteiger partial charge in [0.1, 0.15) is 0 Å². The second-order valence-electron chi connectivity index (χ2n) is 6.41. The highest BCUT2D eigenvalue weighted by molar-refractivity contribution is 7.98. The molecule has 0 radical (unpaired) electrons. The van der Waals surface area contributed by atoms with Gasteiger partial charge in [0.2, 0.25) is 15.9 Å². The summed E-state index contributed by atoms with van der Waals surface area (Å²) < 4.78 is 31.9. The highest BCUT2D eigenvalue weighted by Gasteiger charge is 2.26. The zero-order chi connectivity index (χ0) is 20.0. The fraction of sp³-hybridized carbons (Fsp3) is 0.350. The molecule has 1 amide bonds. The first-order valence-corrected chi connectivity index (χ1v) is 11.8. The Morgan fingerprint density at radius 3 is 2.46 bits per heavy atom. The number of aryl methyl sites for hydroxylation is 1. The number of nitrogens with zero attached hydrogens (tertiary/aromatic N) is 1. The first-order chi connectivity index (χ1) is 13.5. The fourth-order valence-electron chi connectivity index (χ4n) is 2.98. The number of thioether (sulfide) groups is 1. The number of benzene rings is 2. The largest absolute Gasteiger partial charge is 0.379 e. The van der Waals surface area contributed by atoms with Gasteiger partial charge in [-0.15, -0.1) is 11.8 Å². The molecule has 1 fully saturated rings. The lowest BCUT2D eigenvalue weighted by Gasteiger charge is -2.26. The molecule has 1 aliphatic rings. The predicted molar refractivity (Wildman–Crippen MR) is 111 cm³/mol. The summed E-state index contributed by atoms with van der Waals surface area (Å²) in [4.78, 5) is 13.5. The van der Waals surface area contributed by atoms with Crippen molar-refractivity contribution in [1.29, 1.82) is 0 Å². The second kappa shape index (κ2) is 9.56. The number of nitrogens with one attached hydrogen (secondary N) is 1. The number of sulfonamides is 1. The first kappa shape index (κ1) is 20.9. The highest BCUT2D eigenvalue weighted by Crippen LogP contribution is 2.25. The van der Waals surface area contributed by atoms with Gasteiger partial charge < -0.3 is 10.1 Å². The van der Waals surface area contributed by atoms with Crippen molar-refractivity contribution < 1.29 is 17.9 Å². The van der Waals surface area contributed by atoms with E-state index in [2.05, 4.69) is 5.32 Å². The molecule has 0 bridgehead atoms. The smallest absolute Gasteiger partial charge is 0.243 e. The minimum atomic E-state index is -3.49. The molecule has 28 heavy (non-hydrogen) atoms. The van der Waals surface area contributed by atoms with Crippen LogP contribution in [0.5, 0.6) is 0 Å². The Hall–Kier alpha value is -1.87. The number of carbonyl (C=O) groups excluding carboxylic acids is 1. The molecule has 0 saturated carbocycles. The molecule has 0 aliphatic carbocycles. The summed E-state index contributed by atoms with van der Waals surface area (Å²) >= 11 is 1.58. The van der Waals surface area contributed by atoms with E-state index in [1.165, 1.54) is 4.31 Å². The van der Waals surface area contributed by atoms with Crippen LogP contribution in [0.4, 0.5) is 5.69 Å². The molecule has 3 rings (SSSR count). The number of rotatable bonds is 7. The molecule has 1 saturated heterocycles. The van der Waals surface area contributed by atoms with Gasteiger partial charge in [0, 0.05) is 24.4 Å². The summed E-state index contributed by atoms with van der Waals surface area (Å²) in [7, 11) is -3.49. The molecule has 0 unspecified atom stereocenters. The van der Waals surface area contributed by atoms with Gasteiger partial charge >= 0.3 is 0 Å². The third kappa shape index (κ3) is 5.14. The van der Waals surface area contributed by atoms with E-state index in [-0.39, 0.29) is 10.8 Å². The number of amides is 1. The SMILES string of the molecule is CSc1ccccc1NC(=O)CCc1ccc(S(=O)(=O)N2CCOCC2)cc1. The summed E-state index contributed by atoms with van der Waals surface area (Å²) in [6.45, 7) is 1.60. The van der Waals surface area contributed by atoms with E-state index in [4.69, 9.17) is 4.74 Å². The van der Waals surface area contributed by atoms with Crippen LogP contribution in [0, 0.1) is 0 Å². The molecule has 8 heteroatoms. The number of morpholine rings is 1. The third-order valence-corrected chi connectivity index (χ3v) is 7.26. The monoisotopic (exact) mass is 420 g/mol. The number of carbonyl (C=O) groups is 1. The van der Waals surface area contributed by atoms with Crippen LogP contribution < -0.4 is 5.32 Å². The Morgan fingerprint density at radius 1 is 1.11 bits per heavy atom. The number of ether oxygens (including phenoxy) is 1. The topological polar surface area (TPSA) is 75.7 Å². The number of anilines is 1. The first-order valence-electron chi connectivity index (χ1n) is 9.10. The van der Waals surface area contributed by atoms with Crippen LogP contribution in [0.1, 0.15) is 12.0 Å². The van der Waals surface area contributed by atoms with E-state index in [1.54, 1.807) is 36.0 Å². The van der Waals surface area contributed by atoms with Gasteiger partial charge in [0.15, 0.2) is 0 Å². The van der Waals surface area contributed by atoms with Gasteiger partial charge in [-0.2, -0.15) is 4.31 Å². The Balaban J connectivity index is 1.57. The fourth-order valence-corrected chi connectivity index (χ4v) is 4.94. The van der Waals surface area contributed by atoms with Crippen LogP contribution in [0.15, 0.2) is 58.3 Å². The van der Waals surface area contributed by atoms with Crippen LogP contribution in [0.3, 0.4) is 0 Å². The van der Waals surface area contributed by atoms with Crippen molar-refractivity contribution in [3.05, 3.63) is 54.1 Å². The second-order valence-corrected chi connectivity index (χ2v) is 9.19. The van der Waals surface area contributed by atoms with Gasteiger partial charge in [-0.1, -0.05) is 24.3 Å². The van der Waals surface area contributed by atoms with Gasteiger partial charge in [-0.25, -0.2) is 8.42 Å². The van der Waals surface area contributed by atoms with Crippen molar-refractivity contribution in [3.63, 3.8) is 0 Å². The lowest BCUT2D eigenvalue weighted by atomic mass is 10.1. The molecule has 1 N–H and O–H groups in total. The lowest BCUT2D eigenvalue weighted by Crippen LogP contribution is -2.40. The van der Waals surface area contributed by atoms with E-state index >= 15 is 0 Å². The summed E-state index contributed by atoms with van der Waals surface area (Å²) in [5, 5.41) is 2.94. The molecule has 6 nitrogen and oxygen atoms in total. The molecular formula is C20H24N2O4S2. The summed E-state index contributed by atoms with van der Waals surface area (Å²) in [5.74, 6) is -0.0634. The van der Waals surface area contributed by atoms with Crippen LogP contribution in [0.2, 0.25) is 0 Å². The van der Waals surface area contributed by atoms with Gasteiger partial charge in [0.05, 0.1) is 23.8 Å². The van der Waals surface area contributed by atoms with Crippen LogP contribution in [-0.2, 0) is 26.0 Å². The van der Waals surface area contributed by atoms with Crippen LogP contribution >= 0.6 is 11.8 Å². The van der Waals surface area contributed by atoms with E-state index in [0.29, 0.717) is 39.1 Å². The van der Waals surface area contributed by atoms with Crippen molar-refractivity contribution in [3.8, 4) is 0 Å². The highest BCUT2D eigenvalue weighted by atomic mass is 32.2. The van der Waals surface area contributed by atoms with Crippen molar-refractivity contribution in [1.82, 2.24) is 4.31 Å². The van der Waals surface area contributed by atoms with Crippen molar-refractivity contribution in [2.24, 2.45) is 0 Å². The number of hydrogen-bond donors (Lipinski definition) is 1. The van der Waals surface area contributed by atoms with Crippen molar-refractivity contribution in [2.75, 3.05) is 37.9 Å². The average molecular weight is 421 g/mol. The maximum atomic E-state index is 12.6. The Morgan fingerprint density at radius 2 is 1.79 bits per heavy atom. The molecule has 1 heterocycles. The molecule has 2 aromatic carbocycles. The number of hydrogen-bond acceptors (Lipinski definition) is 5. The van der Waals surface area contributed by atoms with Crippen LogP contribution in [-0.4, -0.2) is 51.2 Å². The van der Waals surface area contributed by atoms with E-state index in [1.807, 2.05) is 30.5 Å². The Kier molecular flexibility index (Phi) is 7.12. The molecule has 0 aromatic heterocycles. The van der Waals surface area contributed by atoms with Gasteiger partial charge in [0.25, 0.3) is 0 Å². The molecule has 0 spiro atoms. The van der Waals surface area contributed by atoms with Gasteiger partial charge in [-0.05, 0) is 42.5 Å². The zero-order valence-electron chi connectivity index (χ0n) is 15.8. The maximum absolute atomic E-state index is 12.6. The average Bonchev–Trinajstić information content (AvgIpc) is 2.73. The van der Waals surface area contributed by atoms with E-state index < -0.39 is 10.0 Å². The molecular weight excluding hydrogens is 396 g/mol. The van der Waals surface area contributed by atoms with Gasteiger partial charge in [-0.3, -0.25) is 4.79 Å². The van der Waals surface area contributed by atoms with Crippen LogP contribution in [0.25, 0.3) is 0 Å². The van der Waals surface area contributed by atoms with Crippen molar-refractivity contribution >= 4 is 33.4 Å². The molecule has 0 atom stereocenters. The summed E-state index contributed by atoms with van der Waals surface area (Å²) in [6.07, 6.45) is 2.85.